The van der Waals surface area contributed by atoms with E-state index < -0.39 is 10.0 Å². The fraction of sp³-hybridized carbons (Fsp3) is 0.160. The molecule has 38 heavy (non-hydrogen) atoms. The van der Waals surface area contributed by atoms with Gasteiger partial charge in [-0.15, -0.1) is 0 Å². The molecule has 0 fully saturated rings. The molecule has 4 aromatic rings. The summed E-state index contributed by atoms with van der Waals surface area (Å²) < 4.78 is 34.4. The molecule has 198 valence electrons. The van der Waals surface area contributed by atoms with Crippen molar-refractivity contribution in [2.24, 2.45) is 0 Å². The molecule has 0 spiro atoms. The first-order valence-electron chi connectivity index (χ1n) is 11.4. The van der Waals surface area contributed by atoms with Gasteiger partial charge in [0.1, 0.15) is 11.5 Å². The minimum Gasteiger partial charge on any atom is -0.508 e. The number of aromatic hydroxyl groups is 1. The number of sulfonamides is 1. The average molecular weight is 538 g/mol. The Balaban J connectivity index is 1.65. The second-order valence-electron chi connectivity index (χ2n) is 8.37. The molecule has 1 heterocycles. The minimum absolute atomic E-state index is 0.0176. The maximum Gasteiger partial charge on any atom is 0.263 e. The molecule has 0 atom stereocenters. The number of anilines is 4. The molecule has 0 radical (unpaired) electrons. The molecular weight excluding hydrogens is 510 g/mol. The van der Waals surface area contributed by atoms with Crippen LogP contribution in [0.2, 0.25) is 0 Å². The number of phenols is 1. The standard InChI is InChI=1S/C25H27N7O5S/c1-32(2)26-15-23(34)27-16-7-6-8-20(13-16)38(35,36)31-25-24(29-21-9-4-5-10-22(21)30-25)28-17-11-18(33)14-19(12-17)37-3/h4-14,26,33H,15H2,1-3H3,(H,27,34)(H,28,29)(H,30,31). The lowest BCUT2D eigenvalue weighted by atomic mass is 10.2. The van der Waals surface area contributed by atoms with Crippen LogP contribution in [0.4, 0.5) is 23.0 Å². The first-order valence-corrected chi connectivity index (χ1v) is 12.9. The molecule has 1 amide bonds. The summed E-state index contributed by atoms with van der Waals surface area (Å²) in [5, 5.41) is 17.3. The van der Waals surface area contributed by atoms with E-state index in [9.17, 15) is 18.3 Å². The molecular formula is C25H27N7O5S. The predicted molar refractivity (Wildman–Crippen MR) is 145 cm³/mol. The van der Waals surface area contributed by atoms with Gasteiger partial charge < -0.3 is 20.5 Å². The summed E-state index contributed by atoms with van der Waals surface area (Å²) in [6, 6.07) is 17.3. The zero-order valence-electron chi connectivity index (χ0n) is 20.9. The number of phenolic OH excluding ortho intramolecular Hbond substituents is 1. The van der Waals surface area contributed by atoms with Crippen molar-refractivity contribution >= 4 is 50.0 Å². The smallest absolute Gasteiger partial charge is 0.263 e. The Bertz CT molecular complexity index is 1580. The fourth-order valence-corrected chi connectivity index (χ4v) is 4.49. The van der Waals surface area contributed by atoms with Crippen molar-refractivity contribution in [1.29, 1.82) is 0 Å². The number of methoxy groups -OCH3 is 1. The van der Waals surface area contributed by atoms with Gasteiger partial charge in [0.05, 0.1) is 29.6 Å². The van der Waals surface area contributed by atoms with Gasteiger partial charge in [0.15, 0.2) is 11.6 Å². The Morgan fingerprint density at radius 2 is 1.66 bits per heavy atom. The zero-order valence-corrected chi connectivity index (χ0v) is 21.7. The van der Waals surface area contributed by atoms with Gasteiger partial charge in [-0.1, -0.05) is 18.2 Å². The maximum absolute atomic E-state index is 13.4. The molecule has 0 saturated carbocycles. The molecule has 0 aliphatic heterocycles. The Hall–Kier alpha value is -4.46. The third-order valence-corrected chi connectivity index (χ3v) is 6.51. The molecule has 0 bridgehead atoms. The number of nitrogens with zero attached hydrogens (tertiary/aromatic N) is 3. The van der Waals surface area contributed by atoms with E-state index in [-0.39, 0.29) is 34.7 Å². The highest BCUT2D eigenvalue weighted by Gasteiger charge is 2.20. The topological polar surface area (TPSA) is 158 Å². The van der Waals surface area contributed by atoms with E-state index in [1.54, 1.807) is 55.5 Å². The molecule has 1 aromatic heterocycles. The summed E-state index contributed by atoms with van der Waals surface area (Å²) in [4.78, 5) is 21.1. The fourth-order valence-electron chi connectivity index (χ4n) is 3.43. The molecule has 0 unspecified atom stereocenters. The molecule has 5 N–H and O–H groups in total. The van der Waals surface area contributed by atoms with E-state index in [1.165, 1.54) is 37.4 Å². The maximum atomic E-state index is 13.4. The second kappa shape index (κ2) is 11.3. The van der Waals surface area contributed by atoms with Crippen molar-refractivity contribution in [1.82, 2.24) is 20.4 Å². The van der Waals surface area contributed by atoms with Crippen LogP contribution in [-0.4, -0.2) is 62.2 Å². The van der Waals surface area contributed by atoms with Crippen molar-refractivity contribution in [3.8, 4) is 11.5 Å². The summed E-state index contributed by atoms with van der Waals surface area (Å²) in [6.07, 6.45) is 0. The zero-order chi connectivity index (χ0) is 27.3. The summed E-state index contributed by atoms with van der Waals surface area (Å²) >= 11 is 0. The number of ether oxygens (including phenoxy) is 1. The van der Waals surface area contributed by atoms with Crippen LogP contribution in [0.5, 0.6) is 11.5 Å². The number of hydrogen-bond donors (Lipinski definition) is 5. The number of benzene rings is 3. The van der Waals surface area contributed by atoms with Crippen LogP contribution in [0.15, 0.2) is 71.6 Å². The van der Waals surface area contributed by atoms with E-state index in [2.05, 4.69) is 30.7 Å². The van der Waals surface area contributed by atoms with Gasteiger partial charge in [0, 0.05) is 43.7 Å². The van der Waals surface area contributed by atoms with Crippen molar-refractivity contribution < 1.29 is 23.1 Å². The van der Waals surface area contributed by atoms with Gasteiger partial charge in [-0.25, -0.2) is 23.8 Å². The van der Waals surface area contributed by atoms with Gasteiger partial charge >= 0.3 is 0 Å². The number of fused-ring (bicyclic) bond motifs is 1. The minimum atomic E-state index is -4.14. The SMILES string of the molecule is COc1cc(O)cc(Nc2nc3ccccc3nc2NS(=O)(=O)c2cccc(NC(=O)CNN(C)C)c2)c1. The lowest BCUT2D eigenvalue weighted by Crippen LogP contribution is -2.37. The van der Waals surface area contributed by atoms with E-state index in [4.69, 9.17) is 4.74 Å². The number of para-hydroxylation sites is 2. The third-order valence-electron chi connectivity index (χ3n) is 5.18. The Morgan fingerprint density at radius 1 is 0.947 bits per heavy atom. The molecule has 13 heteroatoms. The van der Waals surface area contributed by atoms with E-state index in [1.807, 2.05) is 0 Å². The number of carbonyl (C=O) groups is 1. The monoisotopic (exact) mass is 537 g/mol. The van der Waals surface area contributed by atoms with E-state index >= 15 is 0 Å². The van der Waals surface area contributed by atoms with Crippen molar-refractivity contribution in [3.05, 3.63) is 66.7 Å². The molecule has 3 aromatic carbocycles. The van der Waals surface area contributed by atoms with Gasteiger partial charge in [0.25, 0.3) is 10.0 Å². The quantitative estimate of drug-likeness (QED) is 0.191. The third kappa shape index (κ3) is 6.64. The molecule has 12 nitrogen and oxygen atoms in total. The Morgan fingerprint density at radius 3 is 2.34 bits per heavy atom. The Labute approximate surface area is 219 Å². The van der Waals surface area contributed by atoms with Crippen LogP contribution >= 0.6 is 0 Å². The van der Waals surface area contributed by atoms with Gasteiger partial charge in [0.2, 0.25) is 5.91 Å². The lowest BCUT2D eigenvalue weighted by molar-refractivity contribution is -0.116. The number of aromatic nitrogens is 2. The van der Waals surface area contributed by atoms with Gasteiger partial charge in [-0.3, -0.25) is 14.5 Å². The van der Waals surface area contributed by atoms with Crippen molar-refractivity contribution in [3.63, 3.8) is 0 Å². The molecule has 4 rings (SSSR count). The van der Waals surface area contributed by atoms with Crippen molar-refractivity contribution in [2.75, 3.05) is 43.1 Å². The molecule has 0 aliphatic rings. The van der Waals surface area contributed by atoms with Crippen LogP contribution in [0, 0.1) is 0 Å². The van der Waals surface area contributed by atoms with Crippen molar-refractivity contribution in [2.45, 2.75) is 4.90 Å². The highest BCUT2D eigenvalue weighted by molar-refractivity contribution is 7.92. The highest BCUT2D eigenvalue weighted by atomic mass is 32.2. The number of carbonyl (C=O) groups excluding carboxylic acids is 1. The van der Waals surface area contributed by atoms with Crippen LogP contribution in [0.25, 0.3) is 11.0 Å². The summed E-state index contributed by atoms with van der Waals surface area (Å²) in [6.45, 7) is 0.0176. The van der Waals surface area contributed by atoms with Crippen LogP contribution in [-0.2, 0) is 14.8 Å². The first-order chi connectivity index (χ1) is 18.1. The molecule has 0 aliphatic carbocycles. The van der Waals surface area contributed by atoms with E-state index in [0.29, 0.717) is 28.2 Å². The summed E-state index contributed by atoms with van der Waals surface area (Å²) in [5.41, 5.74) is 4.56. The Kier molecular flexibility index (Phi) is 7.90. The number of hydrogen-bond acceptors (Lipinski definition) is 10. The van der Waals surface area contributed by atoms with E-state index in [0.717, 1.165) is 0 Å². The summed E-state index contributed by atoms with van der Waals surface area (Å²) in [7, 11) is 0.822. The number of nitrogens with one attached hydrogen (secondary N) is 4. The average Bonchev–Trinajstić information content (AvgIpc) is 2.87. The summed E-state index contributed by atoms with van der Waals surface area (Å²) in [5.74, 6) is 0.0507. The normalized spacial score (nSPS) is 11.4. The number of amides is 1. The molecule has 0 saturated heterocycles. The number of rotatable bonds is 10. The van der Waals surface area contributed by atoms with Crippen LogP contribution < -0.4 is 25.5 Å². The van der Waals surface area contributed by atoms with Gasteiger partial charge in [-0.05, 0) is 30.3 Å². The highest BCUT2D eigenvalue weighted by Crippen LogP contribution is 2.31. The largest absolute Gasteiger partial charge is 0.508 e. The van der Waals surface area contributed by atoms with Gasteiger partial charge in [-0.2, -0.15) is 0 Å². The van der Waals surface area contributed by atoms with Crippen LogP contribution in [0.3, 0.4) is 0 Å². The first kappa shape index (κ1) is 26.6. The second-order valence-corrected chi connectivity index (χ2v) is 10.0. The van der Waals surface area contributed by atoms with Crippen LogP contribution in [0.1, 0.15) is 0 Å². The lowest BCUT2D eigenvalue weighted by Gasteiger charge is -2.15. The number of hydrazine groups is 1. The predicted octanol–water partition coefficient (Wildman–Crippen LogP) is 2.89.